The average molecular weight is 222 g/mol. The first kappa shape index (κ1) is 13.4. The van der Waals surface area contributed by atoms with Crippen LogP contribution in [-0.2, 0) is 14.1 Å². The van der Waals surface area contributed by atoms with E-state index in [1.54, 1.807) is 20.8 Å². The lowest BCUT2D eigenvalue weighted by molar-refractivity contribution is -0.140. The molecule has 0 aromatic rings. The largest absolute Gasteiger partial charge is 0.446 e. The van der Waals surface area contributed by atoms with Gasteiger partial charge >= 0.3 is 13.6 Å². The highest BCUT2D eigenvalue weighted by atomic mass is 31.2. The van der Waals surface area contributed by atoms with Crippen molar-refractivity contribution in [1.82, 2.24) is 0 Å². The topological polar surface area (TPSA) is 83.8 Å². The molecule has 6 heteroatoms. The molecule has 82 valence electrons. The van der Waals surface area contributed by atoms with Crippen molar-refractivity contribution in [1.29, 1.82) is 0 Å². The summed E-state index contributed by atoms with van der Waals surface area (Å²) >= 11 is 0. The Hall–Kier alpha value is -0.640. The van der Waals surface area contributed by atoms with Crippen LogP contribution < -0.4 is 0 Å². The second-order valence-corrected chi connectivity index (χ2v) is 5.12. The number of hydrogen-bond acceptors (Lipinski definition) is 3. The number of allylic oxidation sites excluding steroid dienone is 1. The van der Waals surface area contributed by atoms with Crippen LogP contribution in [0.1, 0.15) is 27.7 Å². The van der Waals surface area contributed by atoms with Crippen molar-refractivity contribution < 1.29 is 23.9 Å². The summed E-state index contributed by atoms with van der Waals surface area (Å²) in [5, 5.41) is 0. The molecule has 0 spiro atoms. The van der Waals surface area contributed by atoms with E-state index >= 15 is 0 Å². The van der Waals surface area contributed by atoms with Crippen molar-refractivity contribution in [2.45, 2.75) is 33.5 Å². The van der Waals surface area contributed by atoms with Gasteiger partial charge in [0.2, 0.25) is 0 Å². The maximum Gasteiger partial charge on any atom is 0.365 e. The van der Waals surface area contributed by atoms with Crippen LogP contribution in [0.5, 0.6) is 0 Å². The molecule has 0 aromatic heterocycles. The second kappa shape index (κ2) is 4.73. The van der Waals surface area contributed by atoms with E-state index in [-0.39, 0.29) is 0 Å². The summed E-state index contributed by atoms with van der Waals surface area (Å²) in [6, 6.07) is 0. The SMILES string of the molecule is CC(C)=C(C)C(=O)OC(C)P(=O)(O)O. The predicted octanol–water partition coefficient (Wildman–Crippen LogP) is 1.41. The molecule has 0 amide bonds. The summed E-state index contributed by atoms with van der Waals surface area (Å²) in [4.78, 5) is 28.6. The van der Waals surface area contributed by atoms with Gasteiger partial charge < -0.3 is 14.5 Å². The fourth-order valence-corrected chi connectivity index (χ4v) is 0.749. The first-order chi connectivity index (χ1) is 6.16. The summed E-state index contributed by atoms with van der Waals surface area (Å²) < 4.78 is 15.2. The number of esters is 1. The highest BCUT2D eigenvalue weighted by Crippen LogP contribution is 2.41. The second-order valence-electron chi connectivity index (χ2n) is 3.22. The fraction of sp³-hybridized carbons (Fsp3) is 0.625. The molecule has 0 radical (unpaired) electrons. The molecule has 14 heavy (non-hydrogen) atoms. The summed E-state index contributed by atoms with van der Waals surface area (Å²) in [6.45, 7) is 6.15. The van der Waals surface area contributed by atoms with Gasteiger partial charge in [0.1, 0.15) is 0 Å². The molecule has 0 rings (SSSR count). The lowest BCUT2D eigenvalue weighted by atomic mass is 10.2. The number of ether oxygens (including phenoxy) is 1. The molecule has 0 aliphatic rings. The lowest BCUT2D eigenvalue weighted by Crippen LogP contribution is -2.16. The number of carbonyl (C=O) groups excluding carboxylic acids is 1. The van der Waals surface area contributed by atoms with Crippen LogP contribution in [0.25, 0.3) is 0 Å². The van der Waals surface area contributed by atoms with Crippen LogP contribution in [0.2, 0.25) is 0 Å². The van der Waals surface area contributed by atoms with E-state index in [4.69, 9.17) is 9.79 Å². The highest BCUT2D eigenvalue weighted by molar-refractivity contribution is 7.52. The maximum absolute atomic E-state index is 11.2. The van der Waals surface area contributed by atoms with E-state index in [1.165, 1.54) is 0 Å². The third-order valence-electron chi connectivity index (χ3n) is 1.81. The Labute approximate surface area is 82.9 Å². The Balaban J connectivity index is 4.51. The quantitative estimate of drug-likeness (QED) is 0.428. The predicted molar refractivity (Wildman–Crippen MR) is 51.6 cm³/mol. The van der Waals surface area contributed by atoms with Gasteiger partial charge in [0, 0.05) is 5.57 Å². The molecule has 0 aromatic carbocycles. The van der Waals surface area contributed by atoms with Crippen molar-refractivity contribution in [3.05, 3.63) is 11.1 Å². The van der Waals surface area contributed by atoms with E-state index < -0.39 is 19.4 Å². The van der Waals surface area contributed by atoms with Crippen molar-refractivity contribution >= 4 is 13.6 Å². The third kappa shape index (κ3) is 4.05. The molecule has 0 saturated heterocycles. The summed E-state index contributed by atoms with van der Waals surface area (Å²) in [5.41, 5.74) is 1.12. The minimum atomic E-state index is -4.35. The molecule has 0 saturated carbocycles. The highest BCUT2D eigenvalue weighted by Gasteiger charge is 2.28. The zero-order valence-electron chi connectivity index (χ0n) is 8.64. The molecular weight excluding hydrogens is 207 g/mol. The van der Waals surface area contributed by atoms with Gasteiger partial charge in [0.15, 0.2) is 5.85 Å². The van der Waals surface area contributed by atoms with E-state index in [1.807, 2.05) is 0 Å². The first-order valence-electron chi connectivity index (χ1n) is 4.06. The minimum Gasteiger partial charge on any atom is -0.446 e. The van der Waals surface area contributed by atoms with Gasteiger partial charge in [-0.2, -0.15) is 0 Å². The summed E-state index contributed by atoms with van der Waals surface area (Å²) in [5.74, 6) is -2.09. The molecule has 1 unspecified atom stereocenters. The zero-order valence-corrected chi connectivity index (χ0v) is 9.54. The third-order valence-corrected chi connectivity index (χ3v) is 2.86. The average Bonchev–Trinajstić information content (AvgIpc) is 2.00. The van der Waals surface area contributed by atoms with E-state index in [0.29, 0.717) is 5.57 Å². The van der Waals surface area contributed by atoms with E-state index in [9.17, 15) is 9.36 Å². The Morgan fingerprint density at radius 2 is 1.71 bits per heavy atom. The molecule has 5 nitrogen and oxygen atoms in total. The Bertz CT molecular complexity index is 297. The van der Waals surface area contributed by atoms with Crippen molar-refractivity contribution in [2.75, 3.05) is 0 Å². The van der Waals surface area contributed by atoms with Crippen molar-refractivity contribution in [3.8, 4) is 0 Å². The molecule has 2 N–H and O–H groups in total. The normalized spacial score (nSPS) is 13.3. The molecule has 0 fully saturated rings. The maximum atomic E-state index is 11.2. The molecule has 0 aliphatic heterocycles. The molecule has 0 aliphatic carbocycles. The first-order valence-corrected chi connectivity index (χ1v) is 5.74. The van der Waals surface area contributed by atoms with Gasteiger partial charge in [-0.1, -0.05) is 5.57 Å². The molecular formula is C8H15O5P. The Morgan fingerprint density at radius 3 is 2.00 bits per heavy atom. The Morgan fingerprint density at radius 1 is 1.29 bits per heavy atom. The van der Waals surface area contributed by atoms with Crippen LogP contribution in [-0.4, -0.2) is 21.6 Å². The monoisotopic (exact) mass is 222 g/mol. The number of rotatable bonds is 3. The molecule has 0 bridgehead atoms. The molecule has 0 heterocycles. The van der Waals surface area contributed by atoms with Gasteiger partial charge in [-0.05, 0) is 27.7 Å². The van der Waals surface area contributed by atoms with Crippen LogP contribution in [0.3, 0.4) is 0 Å². The number of hydrogen-bond donors (Lipinski definition) is 2. The van der Waals surface area contributed by atoms with Gasteiger partial charge in [-0.25, -0.2) is 4.79 Å². The van der Waals surface area contributed by atoms with Gasteiger partial charge in [0.05, 0.1) is 0 Å². The standard InChI is InChI=1S/C8H15O5P/c1-5(2)6(3)8(9)13-7(4)14(10,11)12/h7H,1-4H3,(H2,10,11,12). The summed E-state index contributed by atoms with van der Waals surface area (Å²) in [7, 11) is -4.35. The van der Waals surface area contributed by atoms with Crippen LogP contribution in [0.4, 0.5) is 0 Å². The summed E-state index contributed by atoms with van der Waals surface area (Å²) in [6.07, 6.45) is 0. The lowest BCUT2D eigenvalue weighted by Gasteiger charge is -2.14. The van der Waals surface area contributed by atoms with Crippen LogP contribution in [0, 0.1) is 0 Å². The fourth-order valence-electron chi connectivity index (χ4n) is 0.516. The van der Waals surface area contributed by atoms with E-state index in [2.05, 4.69) is 4.74 Å². The number of carbonyl (C=O) groups is 1. The van der Waals surface area contributed by atoms with Gasteiger partial charge in [-0.3, -0.25) is 4.57 Å². The zero-order chi connectivity index (χ0) is 11.5. The van der Waals surface area contributed by atoms with Crippen LogP contribution in [0.15, 0.2) is 11.1 Å². The van der Waals surface area contributed by atoms with Crippen molar-refractivity contribution in [3.63, 3.8) is 0 Å². The Kier molecular flexibility index (Phi) is 4.52. The minimum absolute atomic E-state index is 0.366. The van der Waals surface area contributed by atoms with Crippen LogP contribution >= 0.6 is 7.60 Å². The molecule has 1 atom stereocenters. The van der Waals surface area contributed by atoms with Crippen molar-refractivity contribution in [2.24, 2.45) is 0 Å². The van der Waals surface area contributed by atoms with Gasteiger partial charge in [-0.15, -0.1) is 0 Å². The van der Waals surface area contributed by atoms with E-state index in [0.717, 1.165) is 12.5 Å². The van der Waals surface area contributed by atoms with Gasteiger partial charge in [0.25, 0.3) is 0 Å². The smallest absolute Gasteiger partial charge is 0.365 e.